The summed E-state index contributed by atoms with van der Waals surface area (Å²) in [6, 6.07) is 66.7. The molecule has 0 saturated heterocycles. The molecule has 1 aromatic heterocycles. The Balaban J connectivity index is 1.28. The van der Waals surface area contributed by atoms with Gasteiger partial charge in [0.2, 0.25) is 0 Å². The Morgan fingerprint density at radius 1 is 0.375 bits per heavy atom. The van der Waals surface area contributed by atoms with Gasteiger partial charge in [-0.2, -0.15) is 0 Å². The summed E-state index contributed by atoms with van der Waals surface area (Å²) >= 11 is 0. The van der Waals surface area contributed by atoms with E-state index in [1.807, 2.05) is 0 Å². The summed E-state index contributed by atoms with van der Waals surface area (Å²) in [5.74, 6) is 0. The molecule has 2 heteroatoms. The summed E-state index contributed by atoms with van der Waals surface area (Å²) in [4.78, 5) is 2.32. The Hall–Kier alpha value is -6.38. The van der Waals surface area contributed by atoms with Crippen LogP contribution in [0.3, 0.4) is 0 Å². The fourth-order valence-corrected chi connectivity index (χ4v) is 6.88. The molecule has 0 spiro atoms. The number of furan rings is 1. The highest BCUT2D eigenvalue weighted by Crippen LogP contribution is 2.46. The van der Waals surface area contributed by atoms with Gasteiger partial charge in [0.1, 0.15) is 5.58 Å². The van der Waals surface area contributed by atoms with Crippen molar-refractivity contribution < 1.29 is 4.42 Å². The van der Waals surface area contributed by atoms with Gasteiger partial charge in [0.05, 0.1) is 5.69 Å². The molecule has 1 heterocycles. The van der Waals surface area contributed by atoms with Gasteiger partial charge in [-0.1, -0.05) is 146 Å². The Morgan fingerprint density at radius 2 is 0.833 bits per heavy atom. The van der Waals surface area contributed by atoms with Crippen molar-refractivity contribution in [3.8, 4) is 33.4 Å². The van der Waals surface area contributed by atoms with Crippen molar-refractivity contribution in [2.75, 3.05) is 4.90 Å². The quantitative estimate of drug-likeness (QED) is 0.185. The highest BCUT2D eigenvalue weighted by atomic mass is 16.3. The van der Waals surface area contributed by atoms with Gasteiger partial charge in [-0.3, -0.25) is 0 Å². The van der Waals surface area contributed by atoms with Crippen molar-refractivity contribution >= 4 is 49.8 Å². The molecular formula is C46H31NO. The zero-order valence-electron chi connectivity index (χ0n) is 26.3. The normalized spacial score (nSPS) is 11.3. The standard InChI is InChI=1S/C46H31NO/c1-4-12-32(13-5-1)34-20-24-39(25-21-34)47(40-26-22-35(23-27-40)33-14-6-2-7-15-33)43-29-28-41(36-16-8-3-9-17-36)45-42-30-37-18-10-11-19-38(37)31-44(42)48-46(43)45/h1-31H. The van der Waals surface area contributed by atoms with E-state index in [-0.39, 0.29) is 0 Å². The maximum absolute atomic E-state index is 6.92. The lowest BCUT2D eigenvalue weighted by Crippen LogP contribution is -2.10. The Morgan fingerprint density at radius 3 is 1.38 bits per heavy atom. The third-order valence-electron chi connectivity index (χ3n) is 9.26. The van der Waals surface area contributed by atoms with Crippen molar-refractivity contribution in [2.45, 2.75) is 0 Å². The maximum atomic E-state index is 6.92. The van der Waals surface area contributed by atoms with Crippen LogP contribution in [0.2, 0.25) is 0 Å². The van der Waals surface area contributed by atoms with Gasteiger partial charge in [0.25, 0.3) is 0 Å². The van der Waals surface area contributed by atoms with E-state index in [0.29, 0.717) is 0 Å². The summed E-state index contributed by atoms with van der Waals surface area (Å²) in [5.41, 5.74) is 11.9. The lowest BCUT2D eigenvalue weighted by atomic mass is 9.97. The van der Waals surface area contributed by atoms with Crippen LogP contribution in [0.25, 0.3) is 66.1 Å². The van der Waals surface area contributed by atoms with E-state index in [1.165, 1.54) is 27.6 Å². The van der Waals surface area contributed by atoms with Crippen LogP contribution >= 0.6 is 0 Å². The summed E-state index contributed by atoms with van der Waals surface area (Å²) in [6.45, 7) is 0. The molecule has 0 bridgehead atoms. The van der Waals surface area contributed by atoms with Crippen LogP contribution in [0.15, 0.2) is 192 Å². The lowest BCUT2D eigenvalue weighted by Gasteiger charge is -2.26. The van der Waals surface area contributed by atoms with Gasteiger partial charge in [0, 0.05) is 22.1 Å². The van der Waals surface area contributed by atoms with Gasteiger partial charge in [-0.15, -0.1) is 0 Å². The predicted octanol–water partition coefficient (Wildman–Crippen LogP) is 13.2. The van der Waals surface area contributed by atoms with Crippen LogP contribution in [0, 0.1) is 0 Å². The zero-order valence-corrected chi connectivity index (χ0v) is 26.3. The SMILES string of the molecule is c1ccc(-c2ccc(N(c3ccc(-c4ccccc4)cc3)c3ccc(-c4ccccc4)c4c3oc3cc5ccccc5cc34)cc2)cc1. The van der Waals surface area contributed by atoms with Crippen molar-refractivity contribution in [1.29, 1.82) is 0 Å². The van der Waals surface area contributed by atoms with Crippen LogP contribution in [0.4, 0.5) is 17.1 Å². The maximum Gasteiger partial charge on any atom is 0.160 e. The first-order valence-electron chi connectivity index (χ1n) is 16.3. The summed E-state index contributed by atoms with van der Waals surface area (Å²) in [5, 5.41) is 4.59. The monoisotopic (exact) mass is 613 g/mol. The van der Waals surface area contributed by atoms with E-state index in [1.54, 1.807) is 0 Å². The summed E-state index contributed by atoms with van der Waals surface area (Å²) < 4.78 is 6.92. The van der Waals surface area contributed by atoms with E-state index in [9.17, 15) is 0 Å². The molecule has 0 unspecified atom stereocenters. The van der Waals surface area contributed by atoms with Crippen molar-refractivity contribution in [2.24, 2.45) is 0 Å². The summed E-state index contributed by atoms with van der Waals surface area (Å²) in [7, 11) is 0. The molecule has 9 aromatic rings. The average molecular weight is 614 g/mol. The number of hydrogen-bond donors (Lipinski definition) is 0. The number of nitrogens with zero attached hydrogens (tertiary/aromatic N) is 1. The zero-order chi connectivity index (χ0) is 31.9. The second-order valence-electron chi connectivity index (χ2n) is 12.2. The molecule has 0 atom stereocenters. The number of benzene rings is 8. The molecule has 48 heavy (non-hydrogen) atoms. The highest BCUT2D eigenvalue weighted by Gasteiger charge is 2.22. The third-order valence-corrected chi connectivity index (χ3v) is 9.26. The average Bonchev–Trinajstić information content (AvgIpc) is 3.54. The van der Waals surface area contributed by atoms with Gasteiger partial charge >= 0.3 is 0 Å². The van der Waals surface area contributed by atoms with Gasteiger partial charge < -0.3 is 9.32 Å². The van der Waals surface area contributed by atoms with Crippen LogP contribution in [-0.2, 0) is 0 Å². The van der Waals surface area contributed by atoms with E-state index in [2.05, 4.69) is 193 Å². The van der Waals surface area contributed by atoms with Crippen LogP contribution in [0.5, 0.6) is 0 Å². The third kappa shape index (κ3) is 4.92. The fourth-order valence-electron chi connectivity index (χ4n) is 6.88. The van der Waals surface area contributed by atoms with E-state index >= 15 is 0 Å². The number of fused-ring (bicyclic) bond motifs is 4. The minimum Gasteiger partial charge on any atom is -0.454 e. The van der Waals surface area contributed by atoms with Gasteiger partial charge in [0.15, 0.2) is 5.58 Å². The Bertz CT molecular complexity index is 2430. The van der Waals surface area contributed by atoms with Crippen molar-refractivity contribution in [3.05, 3.63) is 188 Å². The first kappa shape index (κ1) is 27.9. The molecule has 0 N–H and O–H groups in total. The molecule has 0 amide bonds. The van der Waals surface area contributed by atoms with E-state index in [0.717, 1.165) is 55.5 Å². The molecule has 0 radical (unpaired) electrons. The van der Waals surface area contributed by atoms with E-state index < -0.39 is 0 Å². The van der Waals surface area contributed by atoms with Crippen LogP contribution in [0.1, 0.15) is 0 Å². The molecule has 0 aliphatic rings. The molecule has 8 aromatic carbocycles. The molecule has 0 fully saturated rings. The van der Waals surface area contributed by atoms with Crippen LogP contribution < -0.4 is 4.90 Å². The van der Waals surface area contributed by atoms with Crippen LogP contribution in [-0.4, -0.2) is 0 Å². The molecular weight excluding hydrogens is 583 g/mol. The largest absolute Gasteiger partial charge is 0.454 e. The second kappa shape index (κ2) is 11.8. The fraction of sp³-hybridized carbons (Fsp3) is 0. The van der Waals surface area contributed by atoms with Crippen molar-refractivity contribution in [3.63, 3.8) is 0 Å². The minimum atomic E-state index is 0.862. The first-order valence-corrected chi connectivity index (χ1v) is 16.3. The summed E-state index contributed by atoms with van der Waals surface area (Å²) in [6.07, 6.45) is 0. The molecule has 9 rings (SSSR count). The molecule has 2 nitrogen and oxygen atoms in total. The van der Waals surface area contributed by atoms with Gasteiger partial charge in [-0.05, 0) is 86.6 Å². The number of rotatable bonds is 6. The Labute approximate surface area is 279 Å². The smallest absolute Gasteiger partial charge is 0.160 e. The Kier molecular flexibility index (Phi) is 6.84. The molecule has 0 aliphatic carbocycles. The highest BCUT2D eigenvalue weighted by molar-refractivity contribution is 6.19. The topological polar surface area (TPSA) is 16.4 Å². The molecule has 226 valence electrons. The lowest BCUT2D eigenvalue weighted by molar-refractivity contribution is 0.669. The second-order valence-corrected chi connectivity index (χ2v) is 12.2. The van der Waals surface area contributed by atoms with E-state index in [4.69, 9.17) is 4.42 Å². The molecule has 0 saturated carbocycles. The van der Waals surface area contributed by atoms with Gasteiger partial charge in [-0.25, -0.2) is 0 Å². The number of hydrogen-bond acceptors (Lipinski definition) is 2. The predicted molar refractivity (Wildman–Crippen MR) is 202 cm³/mol. The number of anilines is 3. The minimum absolute atomic E-state index is 0.862. The van der Waals surface area contributed by atoms with Crippen molar-refractivity contribution in [1.82, 2.24) is 0 Å². The first-order chi connectivity index (χ1) is 23.8. The molecule has 0 aliphatic heterocycles.